The Balaban J connectivity index is 1.41. The van der Waals surface area contributed by atoms with Gasteiger partial charge in [-0.1, -0.05) is 18.2 Å². The maximum Gasteiger partial charge on any atom is 0.319 e. The first-order valence-corrected chi connectivity index (χ1v) is 10.0. The first-order valence-electron chi connectivity index (χ1n) is 10.0. The Morgan fingerprint density at radius 2 is 1.82 bits per heavy atom. The van der Waals surface area contributed by atoms with E-state index in [0.29, 0.717) is 12.3 Å². The van der Waals surface area contributed by atoms with Crippen LogP contribution >= 0.6 is 0 Å². The van der Waals surface area contributed by atoms with Gasteiger partial charge in [-0.3, -0.25) is 9.48 Å². The Labute approximate surface area is 164 Å². The number of aryl methyl sites for hydroxylation is 1. The summed E-state index contributed by atoms with van der Waals surface area (Å²) in [5.41, 5.74) is 4.36. The molecule has 5 nitrogen and oxygen atoms in total. The van der Waals surface area contributed by atoms with Crippen LogP contribution in [0.5, 0.6) is 5.75 Å². The zero-order chi connectivity index (χ0) is 19.3. The lowest BCUT2D eigenvalue weighted by Crippen LogP contribution is -2.29. The van der Waals surface area contributed by atoms with Gasteiger partial charge in [0.1, 0.15) is 5.75 Å². The topological polar surface area (TPSA) is 47.4 Å². The number of benzene rings is 2. The molecule has 2 aliphatic rings. The van der Waals surface area contributed by atoms with Crippen LogP contribution in [0.3, 0.4) is 0 Å². The summed E-state index contributed by atoms with van der Waals surface area (Å²) in [6.45, 7) is 2.25. The van der Waals surface area contributed by atoms with Gasteiger partial charge in [-0.25, -0.2) is 0 Å². The van der Waals surface area contributed by atoms with Gasteiger partial charge in [0, 0.05) is 18.6 Å². The van der Waals surface area contributed by atoms with Crippen LogP contribution in [0.1, 0.15) is 41.4 Å². The van der Waals surface area contributed by atoms with Gasteiger partial charge in [0.2, 0.25) is 0 Å². The van der Waals surface area contributed by atoms with Crippen molar-refractivity contribution in [2.75, 3.05) is 20.1 Å². The fraction of sp³-hybridized carbons (Fsp3) is 0.391. The smallest absolute Gasteiger partial charge is 0.319 e. The highest BCUT2D eigenvalue weighted by atomic mass is 16.5. The zero-order valence-corrected chi connectivity index (χ0v) is 16.4. The number of carbonyl (C=O) groups is 1. The fourth-order valence-corrected chi connectivity index (χ4v) is 4.55. The fourth-order valence-electron chi connectivity index (χ4n) is 4.55. The average Bonchev–Trinajstić information content (AvgIpc) is 3.07. The summed E-state index contributed by atoms with van der Waals surface area (Å²) in [7, 11) is 4.08. The maximum atomic E-state index is 12.8. The normalized spacial score (nSPS) is 20.9. The van der Waals surface area contributed by atoms with E-state index in [0.717, 1.165) is 53.7 Å². The third-order valence-corrected chi connectivity index (χ3v) is 6.25. The number of aromatic nitrogens is 2. The molecule has 1 unspecified atom stereocenters. The molecular weight excluding hydrogens is 350 g/mol. The van der Waals surface area contributed by atoms with Crippen LogP contribution < -0.4 is 4.74 Å². The van der Waals surface area contributed by atoms with Crippen molar-refractivity contribution < 1.29 is 9.53 Å². The number of carbonyl (C=O) groups excluding carboxylic acids is 1. The molecule has 1 aromatic heterocycles. The quantitative estimate of drug-likeness (QED) is 0.507. The van der Waals surface area contributed by atoms with Crippen LogP contribution in [-0.4, -0.2) is 40.8 Å². The molecule has 0 N–H and O–H groups in total. The number of esters is 1. The summed E-state index contributed by atoms with van der Waals surface area (Å²) in [6, 6.07) is 12.5. The van der Waals surface area contributed by atoms with E-state index >= 15 is 0 Å². The molecule has 0 radical (unpaired) electrons. The lowest BCUT2D eigenvalue weighted by molar-refractivity contribution is -0.137. The number of rotatable bonds is 2. The van der Waals surface area contributed by atoms with E-state index in [1.54, 1.807) is 4.68 Å². The molecule has 5 heteroatoms. The molecule has 144 valence electrons. The van der Waals surface area contributed by atoms with Crippen molar-refractivity contribution in [3.05, 3.63) is 59.3 Å². The highest BCUT2D eigenvalue weighted by molar-refractivity contribution is 5.86. The van der Waals surface area contributed by atoms with E-state index in [1.807, 2.05) is 25.4 Å². The zero-order valence-electron chi connectivity index (χ0n) is 16.4. The number of hydrogen-bond acceptors (Lipinski definition) is 4. The van der Waals surface area contributed by atoms with Gasteiger partial charge in [0.05, 0.1) is 11.4 Å². The molecule has 0 amide bonds. The molecule has 3 heterocycles. The molecule has 0 saturated carbocycles. The van der Waals surface area contributed by atoms with E-state index in [-0.39, 0.29) is 11.9 Å². The van der Waals surface area contributed by atoms with Crippen molar-refractivity contribution in [1.82, 2.24) is 14.7 Å². The summed E-state index contributed by atoms with van der Waals surface area (Å²) in [6.07, 6.45) is 5.00. The number of hydrogen-bond donors (Lipinski definition) is 0. The largest absolute Gasteiger partial charge is 0.426 e. The molecule has 0 bridgehead atoms. The summed E-state index contributed by atoms with van der Waals surface area (Å²) < 4.78 is 7.60. The van der Waals surface area contributed by atoms with Crippen LogP contribution in [0, 0.1) is 0 Å². The monoisotopic (exact) mass is 375 g/mol. The van der Waals surface area contributed by atoms with Gasteiger partial charge in [0.15, 0.2) is 0 Å². The van der Waals surface area contributed by atoms with E-state index in [2.05, 4.69) is 41.3 Å². The minimum Gasteiger partial charge on any atom is -0.426 e. The summed E-state index contributed by atoms with van der Waals surface area (Å²) in [5.74, 6) is 0.897. The Kier molecular flexibility index (Phi) is 4.20. The molecule has 2 aromatic carbocycles. The Hall–Kier alpha value is -2.66. The highest BCUT2D eigenvalue weighted by Crippen LogP contribution is 2.37. The van der Waals surface area contributed by atoms with Crippen LogP contribution in [-0.2, 0) is 18.3 Å². The Morgan fingerprint density at radius 1 is 1.04 bits per heavy atom. The first-order chi connectivity index (χ1) is 13.6. The van der Waals surface area contributed by atoms with Crippen molar-refractivity contribution in [2.24, 2.45) is 7.05 Å². The molecule has 1 atom stereocenters. The van der Waals surface area contributed by atoms with Crippen molar-refractivity contribution in [3.8, 4) is 5.75 Å². The molecule has 1 fully saturated rings. The average molecular weight is 375 g/mol. The predicted molar refractivity (Wildman–Crippen MR) is 109 cm³/mol. The van der Waals surface area contributed by atoms with Crippen molar-refractivity contribution >= 4 is 16.9 Å². The van der Waals surface area contributed by atoms with Gasteiger partial charge in [0.25, 0.3) is 0 Å². The summed E-state index contributed by atoms with van der Waals surface area (Å²) in [5, 5.41) is 5.46. The molecule has 3 aromatic rings. The first kappa shape index (κ1) is 17.4. The third kappa shape index (κ3) is 3.10. The molecule has 2 aliphatic heterocycles. The van der Waals surface area contributed by atoms with Crippen molar-refractivity contribution in [1.29, 1.82) is 0 Å². The van der Waals surface area contributed by atoms with Crippen LogP contribution in [0.15, 0.2) is 42.6 Å². The maximum absolute atomic E-state index is 12.8. The molecule has 0 aliphatic carbocycles. The number of nitrogens with zero attached hydrogens (tertiary/aromatic N) is 3. The van der Waals surface area contributed by atoms with E-state index < -0.39 is 0 Å². The number of fused-ring (bicyclic) bond motifs is 2. The summed E-state index contributed by atoms with van der Waals surface area (Å²) >= 11 is 0. The van der Waals surface area contributed by atoms with Gasteiger partial charge in [-0.05, 0) is 80.2 Å². The SMILES string of the molecule is CN1CCC(c2ccc3c(c2)OC(=O)C(c2ccc4nn(C)cc4c2)C3)CC1. The minimum absolute atomic E-state index is 0.156. The molecular formula is C23H25N3O2. The van der Waals surface area contributed by atoms with Gasteiger partial charge in [-0.15, -0.1) is 0 Å². The van der Waals surface area contributed by atoms with Crippen LogP contribution in [0.2, 0.25) is 0 Å². The molecule has 5 rings (SSSR count). The lowest BCUT2D eigenvalue weighted by atomic mass is 9.85. The Bertz CT molecular complexity index is 1050. The van der Waals surface area contributed by atoms with Crippen molar-refractivity contribution in [3.63, 3.8) is 0 Å². The number of likely N-dealkylation sites (tertiary alicyclic amines) is 1. The predicted octanol–water partition coefficient (Wildman–Crippen LogP) is 3.63. The Morgan fingerprint density at radius 3 is 2.64 bits per heavy atom. The second kappa shape index (κ2) is 6.74. The second-order valence-corrected chi connectivity index (χ2v) is 8.24. The minimum atomic E-state index is -0.258. The molecule has 1 saturated heterocycles. The molecule has 0 spiro atoms. The highest BCUT2D eigenvalue weighted by Gasteiger charge is 2.31. The van der Waals surface area contributed by atoms with Crippen LogP contribution in [0.25, 0.3) is 10.9 Å². The van der Waals surface area contributed by atoms with E-state index in [9.17, 15) is 4.79 Å². The third-order valence-electron chi connectivity index (χ3n) is 6.25. The number of piperidine rings is 1. The lowest BCUT2D eigenvalue weighted by Gasteiger charge is -2.30. The van der Waals surface area contributed by atoms with Gasteiger partial charge < -0.3 is 9.64 Å². The summed E-state index contributed by atoms with van der Waals surface area (Å²) in [4.78, 5) is 15.2. The standard InChI is InChI=1S/C23H25N3O2/c1-25-9-7-15(8-10-25)16-3-4-18-12-20(23(27)28-22(18)13-16)17-5-6-21-19(11-17)14-26(2)24-21/h3-6,11,13-15,20H,7-10,12H2,1-2H3. The van der Waals surface area contributed by atoms with E-state index in [4.69, 9.17) is 4.74 Å². The molecule has 28 heavy (non-hydrogen) atoms. The van der Waals surface area contributed by atoms with E-state index in [1.165, 1.54) is 5.56 Å². The van der Waals surface area contributed by atoms with Crippen LogP contribution in [0.4, 0.5) is 0 Å². The van der Waals surface area contributed by atoms with Gasteiger partial charge >= 0.3 is 5.97 Å². The number of ether oxygens (including phenoxy) is 1. The second-order valence-electron chi connectivity index (χ2n) is 8.24. The van der Waals surface area contributed by atoms with Crippen molar-refractivity contribution in [2.45, 2.75) is 31.1 Å². The van der Waals surface area contributed by atoms with Gasteiger partial charge in [-0.2, -0.15) is 5.10 Å².